The SMILES string of the molecule is Cc1cccc(C(=O)N2CCOC(C#N)C2)c1C. The van der Waals surface area contributed by atoms with Gasteiger partial charge >= 0.3 is 0 Å². The standard InChI is InChI=1S/C14H16N2O2/c1-10-4-3-5-13(11(10)2)14(17)16-6-7-18-12(8-15)9-16/h3-5,12H,6-7,9H2,1-2H3. The smallest absolute Gasteiger partial charge is 0.254 e. The van der Waals surface area contributed by atoms with Crippen molar-refractivity contribution in [2.75, 3.05) is 19.7 Å². The van der Waals surface area contributed by atoms with Gasteiger partial charge in [-0.1, -0.05) is 12.1 Å². The van der Waals surface area contributed by atoms with Crippen molar-refractivity contribution in [1.82, 2.24) is 4.90 Å². The number of nitriles is 1. The van der Waals surface area contributed by atoms with E-state index < -0.39 is 6.10 Å². The Morgan fingerprint density at radius 2 is 2.28 bits per heavy atom. The summed E-state index contributed by atoms with van der Waals surface area (Å²) in [6.07, 6.45) is -0.507. The third kappa shape index (κ3) is 2.36. The Labute approximate surface area is 107 Å². The van der Waals surface area contributed by atoms with Gasteiger partial charge in [0.1, 0.15) is 0 Å². The van der Waals surface area contributed by atoms with Crippen molar-refractivity contribution in [2.45, 2.75) is 20.0 Å². The minimum Gasteiger partial charge on any atom is -0.360 e. The number of nitrogens with zero attached hydrogens (tertiary/aromatic N) is 2. The van der Waals surface area contributed by atoms with E-state index in [-0.39, 0.29) is 5.91 Å². The van der Waals surface area contributed by atoms with Crippen molar-refractivity contribution in [1.29, 1.82) is 5.26 Å². The van der Waals surface area contributed by atoms with E-state index in [1.165, 1.54) is 0 Å². The van der Waals surface area contributed by atoms with Gasteiger partial charge in [-0.15, -0.1) is 0 Å². The van der Waals surface area contributed by atoms with Crippen LogP contribution < -0.4 is 0 Å². The molecule has 1 amide bonds. The minimum atomic E-state index is -0.507. The summed E-state index contributed by atoms with van der Waals surface area (Å²) in [7, 11) is 0. The molecule has 4 nitrogen and oxygen atoms in total. The van der Waals surface area contributed by atoms with Gasteiger partial charge in [-0.2, -0.15) is 5.26 Å². The number of ether oxygens (including phenoxy) is 1. The van der Waals surface area contributed by atoms with E-state index in [1.807, 2.05) is 32.0 Å². The first kappa shape index (κ1) is 12.6. The molecule has 0 spiro atoms. The van der Waals surface area contributed by atoms with Gasteiger partial charge in [0.25, 0.3) is 5.91 Å². The molecule has 0 N–H and O–H groups in total. The van der Waals surface area contributed by atoms with Crippen LogP contribution >= 0.6 is 0 Å². The monoisotopic (exact) mass is 244 g/mol. The summed E-state index contributed by atoms with van der Waals surface area (Å²) in [5.41, 5.74) is 2.82. The molecule has 2 rings (SSSR count). The highest BCUT2D eigenvalue weighted by molar-refractivity contribution is 5.96. The molecule has 1 atom stereocenters. The average molecular weight is 244 g/mol. The Hall–Kier alpha value is -1.86. The van der Waals surface area contributed by atoms with Gasteiger partial charge in [0.15, 0.2) is 6.10 Å². The Balaban J connectivity index is 2.21. The number of amides is 1. The van der Waals surface area contributed by atoms with Crippen LogP contribution in [0.1, 0.15) is 21.5 Å². The molecule has 1 saturated heterocycles. The van der Waals surface area contributed by atoms with Crippen LogP contribution in [0.5, 0.6) is 0 Å². The largest absolute Gasteiger partial charge is 0.360 e. The van der Waals surface area contributed by atoms with E-state index in [0.717, 1.165) is 11.1 Å². The fourth-order valence-corrected chi connectivity index (χ4v) is 2.06. The van der Waals surface area contributed by atoms with Crippen molar-refractivity contribution in [3.63, 3.8) is 0 Å². The molecule has 0 saturated carbocycles. The molecule has 1 aliphatic heterocycles. The highest BCUT2D eigenvalue weighted by atomic mass is 16.5. The first-order valence-electron chi connectivity index (χ1n) is 6.00. The van der Waals surface area contributed by atoms with Gasteiger partial charge in [0.2, 0.25) is 0 Å². The van der Waals surface area contributed by atoms with E-state index in [2.05, 4.69) is 6.07 Å². The quantitative estimate of drug-likeness (QED) is 0.755. The predicted molar refractivity (Wildman–Crippen MR) is 67.2 cm³/mol. The zero-order valence-corrected chi connectivity index (χ0v) is 10.6. The van der Waals surface area contributed by atoms with Crippen molar-refractivity contribution >= 4 is 5.91 Å². The Kier molecular flexibility index (Phi) is 3.63. The normalized spacial score (nSPS) is 19.4. The molecule has 1 aromatic rings. The van der Waals surface area contributed by atoms with E-state index >= 15 is 0 Å². The second-order valence-corrected chi connectivity index (χ2v) is 4.49. The van der Waals surface area contributed by atoms with Crippen LogP contribution in [0.15, 0.2) is 18.2 Å². The molecule has 1 aliphatic rings. The molecule has 18 heavy (non-hydrogen) atoms. The van der Waals surface area contributed by atoms with Gasteiger partial charge < -0.3 is 9.64 Å². The number of hydrogen-bond acceptors (Lipinski definition) is 3. The van der Waals surface area contributed by atoms with Crippen molar-refractivity contribution in [2.24, 2.45) is 0 Å². The lowest BCUT2D eigenvalue weighted by Gasteiger charge is -2.30. The topological polar surface area (TPSA) is 53.3 Å². The third-order valence-electron chi connectivity index (χ3n) is 3.33. The molecule has 1 fully saturated rings. The summed E-state index contributed by atoms with van der Waals surface area (Å²) in [6, 6.07) is 7.76. The van der Waals surface area contributed by atoms with Gasteiger partial charge in [0.05, 0.1) is 19.2 Å². The summed E-state index contributed by atoms with van der Waals surface area (Å²) in [5, 5.41) is 8.85. The van der Waals surface area contributed by atoms with Crippen LogP contribution in [0.25, 0.3) is 0 Å². The van der Waals surface area contributed by atoms with Crippen LogP contribution in [0, 0.1) is 25.2 Å². The fraction of sp³-hybridized carbons (Fsp3) is 0.429. The zero-order valence-electron chi connectivity index (χ0n) is 10.6. The van der Waals surface area contributed by atoms with E-state index in [0.29, 0.717) is 25.3 Å². The average Bonchev–Trinajstić information content (AvgIpc) is 2.41. The molecule has 1 heterocycles. The molecule has 1 unspecified atom stereocenters. The number of hydrogen-bond donors (Lipinski definition) is 0. The highest BCUT2D eigenvalue weighted by Gasteiger charge is 2.25. The van der Waals surface area contributed by atoms with E-state index in [9.17, 15) is 4.79 Å². The van der Waals surface area contributed by atoms with Crippen LogP contribution in [-0.4, -0.2) is 36.6 Å². The molecule has 0 radical (unpaired) electrons. The lowest BCUT2D eigenvalue weighted by Crippen LogP contribution is -2.45. The van der Waals surface area contributed by atoms with Gasteiger partial charge in [0, 0.05) is 12.1 Å². The van der Waals surface area contributed by atoms with Crippen LogP contribution in [0.3, 0.4) is 0 Å². The fourth-order valence-electron chi connectivity index (χ4n) is 2.06. The summed E-state index contributed by atoms with van der Waals surface area (Å²) in [5.74, 6) is -0.0141. The predicted octanol–water partition coefficient (Wildman–Crippen LogP) is 1.67. The molecule has 0 bridgehead atoms. The van der Waals surface area contributed by atoms with Crippen molar-refractivity contribution in [3.8, 4) is 6.07 Å². The van der Waals surface area contributed by atoms with Crippen molar-refractivity contribution in [3.05, 3.63) is 34.9 Å². The zero-order chi connectivity index (χ0) is 13.1. The molecule has 94 valence electrons. The Morgan fingerprint density at radius 1 is 1.50 bits per heavy atom. The van der Waals surface area contributed by atoms with Crippen molar-refractivity contribution < 1.29 is 9.53 Å². The maximum atomic E-state index is 12.4. The lowest BCUT2D eigenvalue weighted by molar-refractivity contribution is 0.00343. The second kappa shape index (κ2) is 5.19. The Morgan fingerprint density at radius 3 is 3.00 bits per heavy atom. The summed E-state index contributed by atoms with van der Waals surface area (Å²) >= 11 is 0. The second-order valence-electron chi connectivity index (χ2n) is 4.49. The van der Waals surface area contributed by atoms with Crippen LogP contribution in [0.4, 0.5) is 0 Å². The minimum absolute atomic E-state index is 0.0141. The molecule has 4 heteroatoms. The number of carbonyl (C=O) groups excluding carboxylic acids is 1. The van der Waals surface area contributed by atoms with Gasteiger partial charge in [-0.3, -0.25) is 4.79 Å². The third-order valence-corrected chi connectivity index (χ3v) is 3.33. The lowest BCUT2D eigenvalue weighted by atomic mass is 10.0. The first-order valence-corrected chi connectivity index (χ1v) is 6.00. The number of carbonyl (C=O) groups is 1. The molecule has 0 aliphatic carbocycles. The maximum absolute atomic E-state index is 12.4. The summed E-state index contributed by atoms with van der Waals surface area (Å²) in [6.45, 7) is 5.26. The Bertz CT molecular complexity index is 505. The molecule has 0 aromatic heterocycles. The van der Waals surface area contributed by atoms with Crippen LogP contribution in [-0.2, 0) is 4.74 Å². The number of benzene rings is 1. The molecular formula is C14H16N2O2. The van der Waals surface area contributed by atoms with E-state index in [1.54, 1.807) is 4.90 Å². The number of morpholine rings is 1. The summed E-state index contributed by atoms with van der Waals surface area (Å²) < 4.78 is 5.24. The van der Waals surface area contributed by atoms with Crippen LogP contribution in [0.2, 0.25) is 0 Å². The summed E-state index contributed by atoms with van der Waals surface area (Å²) in [4.78, 5) is 14.1. The van der Waals surface area contributed by atoms with Gasteiger partial charge in [-0.05, 0) is 31.0 Å². The molecular weight excluding hydrogens is 228 g/mol. The van der Waals surface area contributed by atoms with E-state index in [4.69, 9.17) is 10.00 Å². The maximum Gasteiger partial charge on any atom is 0.254 e. The van der Waals surface area contributed by atoms with Gasteiger partial charge in [-0.25, -0.2) is 0 Å². The number of aryl methyl sites for hydroxylation is 1. The number of rotatable bonds is 1. The highest BCUT2D eigenvalue weighted by Crippen LogP contribution is 2.16. The molecule has 1 aromatic carbocycles. The first-order chi connectivity index (χ1) is 8.63.